The van der Waals surface area contributed by atoms with Crippen LogP contribution in [-0.2, 0) is 6.61 Å². The minimum absolute atomic E-state index is 0.108. The third-order valence-corrected chi connectivity index (χ3v) is 3.03. The second-order valence-electron chi connectivity index (χ2n) is 3.75. The molecule has 0 radical (unpaired) electrons. The van der Waals surface area contributed by atoms with Crippen molar-refractivity contribution in [1.82, 2.24) is 9.97 Å². The number of halogens is 1. The van der Waals surface area contributed by atoms with Crippen LogP contribution in [0.15, 0.2) is 35.1 Å². The fourth-order valence-corrected chi connectivity index (χ4v) is 2.08. The summed E-state index contributed by atoms with van der Waals surface area (Å²) in [5.74, 6) is 0.211. The molecule has 1 heterocycles. The summed E-state index contributed by atoms with van der Waals surface area (Å²) in [4.78, 5) is 19.1. The zero-order chi connectivity index (χ0) is 14.5. The maximum Gasteiger partial charge on any atom is 0.335 e. The summed E-state index contributed by atoms with van der Waals surface area (Å²) in [7, 11) is 1.44. The molecule has 0 bridgehead atoms. The second kappa shape index (κ2) is 6.33. The highest BCUT2D eigenvalue weighted by molar-refractivity contribution is 9.10. The Morgan fingerprint density at radius 1 is 1.35 bits per heavy atom. The Balaban J connectivity index is 2.25. The van der Waals surface area contributed by atoms with Gasteiger partial charge in [-0.05, 0) is 34.1 Å². The highest BCUT2D eigenvalue weighted by atomic mass is 79.9. The lowest BCUT2D eigenvalue weighted by Gasteiger charge is -2.12. The smallest absolute Gasteiger partial charge is 0.335 e. The molecule has 0 saturated carbocycles. The number of carboxylic acids is 1. The normalized spacial score (nSPS) is 10.1. The van der Waals surface area contributed by atoms with Gasteiger partial charge < -0.3 is 14.6 Å². The summed E-state index contributed by atoms with van der Waals surface area (Å²) in [6.07, 6.45) is 3.23. The Morgan fingerprint density at radius 3 is 2.65 bits per heavy atom. The molecule has 7 heteroatoms. The first-order valence-electron chi connectivity index (χ1n) is 5.61. The van der Waals surface area contributed by atoms with E-state index in [2.05, 4.69) is 25.9 Å². The molecular weight excluding hydrogens is 328 g/mol. The number of aromatic carboxylic acids is 1. The molecule has 1 aromatic heterocycles. The summed E-state index contributed by atoms with van der Waals surface area (Å²) in [6, 6.07) is 4.56. The number of aromatic nitrogens is 2. The van der Waals surface area contributed by atoms with Gasteiger partial charge in [0.2, 0.25) is 0 Å². The van der Waals surface area contributed by atoms with Gasteiger partial charge in [0, 0.05) is 12.4 Å². The van der Waals surface area contributed by atoms with Crippen molar-refractivity contribution in [3.63, 3.8) is 0 Å². The van der Waals surface area contributed by atoms with Crippen LogP contribution in [0.2, 0.25) is 0 Å². The van der Waals surface area contributed by atoms with Crippen molar-refractivity contribution < 1.29 is 19.4 Å². The van der Waals surface area contributed by atoms with Crippen LogP contribution in [-0.4, -0.2) is 28.2 Å². The van der Waals surface area contributed by atoms with E-state index in [0.717, 1.165) is 0 Å². The van der Waals surface area contributed by atoms with E-state index < -0.39 is 5.97 Å². The average molecular weight is 339 g/mol. The van der Waals surface area contributed by atoms with Gasteiger partial charge in [-0.2, -0.15) is 0 Å². The number of benzene rings is 1. The molecule has 0 amide bonds. The maximum absolute atomic E-state index is 11.0. The van der Waals surface area contributed by atoms with Crippen LogP contribution in [0.4, 0.5) is 0 Å². The average Bonchev–Trinajstić information content (AvgIpc) is 2.46. The van der Waals surface area contributed by atoms with Crippen molar-refractivity contribution in [3.05, 3.63) is 46.5 Å². The SMILES string of the molecule is COc1cc(C(=O)O)cc(Br)c1OCc1ncccn1. The van der Waals surface area contributed by atoms with E-state index >= 15 is 0 Å². The largest absolute Gasteiger partial charge is 0.493 e. The zero-order valence-electron chi connectivity index (χ0n) is 10.5. The Kier molecular flexibility index (Phi) is 4.52. The standard InChI is InChI=1S/C13H11BrN2O4/c1-19-10-6-8(13(17)18)5-9(14)12(10)20-7-11-15-3-2-4-16-11/h2-6H,7H2,1H3,(H,17,18). The summed E-state index contributed by atoms with van der Waals surface area (Å²) < 4.78 is 11.2. The van der Waals surface area contributed by atoms with E-state index in [1.807, 2.05) is 0 Å². The molecule has 6 nitrogen and oxygen atoms in total. The highest BCUT2D eigenvalue weighted by Crippen LogP contribution is 2.37. The number of ether oxygens (including phenoxy) is 2. The van der Waals surface area contributed by atoms with Gasteiger partial charge in [-0.3, -0.25) is 0 Å². The molecule has 104 valence electrons. The molecule has 0 aliphatic rings. The van der Waals surface area contributed by atoms with Gasteiger partial charge in [0.1, 0.15) is 6.61 Å². The Morgan fingerprint density at radius 2 is 2.05 bits per heavy atom. The summed E-state index contributed by atoms with van der Waals surface area (Å²) in [5.41, 5.74) is 0.108. The quantitative estimate of drug-likeness (QED) is 0.902. The molecular formula is C13H11BrN2O4. The fourth-order valence-electron chi connectivity index (χ4n) is 1.52. The molecule has 0 aliphatic carbocycles. The van der Waals surface area contributed by atoms with Crippen LogP contribution >= 0.6 is 15.9 Å². The van der Waals surface area contributed by atoms with Gasteiger partial charge in [0.05, 0.1) is 17.1 Å². The Labute approximate surface area is 123 Å². The number of methoxy groups -OCH3 is 1. The van der Waals surface area contributed by atoms with Gasteiger partial charge in [0.25, 0.3) is 0 Å². The van der Waals surface area contributed by atoms with Gasteiger partial charge in [-0.25, -0.2) is 14.8 Å². The van der Waals surface area contributed by atoms with Crippen molar-refractivity contribution in [3.8, 4) is 11.5 Å². The first-order chi connectivity index (χ1) is 9.61. The van der Waals surface area contributed by atoms with E-state index in [4.69, 9.17) is 14.6 Å². The molecule has 20 heavy (non-hydrogen) atoms. The van der Waals surface area contributed by atoms with Crippen LogP contribution < -0.4 is 9.47 Å². The number of hydrogen-bond acceptors (Lipinski definition) is 5. The molecule has 2 aromatic rings. The monoisotopic (exact) mass is 338 g/mol. The number of hydrogen-bond donors (Lipinski definition) is 1. The van der Waals surface area contributed by atoms with Crippen LogP contribution in [0.3, 0.4) is 0 Å². The molecule has 0 atom stereocenters. The summed E-state index contributed by atoms with van der Waals surface area (Å²) in [6.45, 7) is 0.155. The van der Waals surface area contributed by atoms with Gasteiger partial charge in [-0.15, -0.1) is 0 Å². The van der Waals surface area contributed by atoms with E-state index in [9.17, 15) is 4.79 Å². The number of carbonyl (C=O) groups is 1. The molecule has 0 aliphatic heterocycles. The van der Waals surface area contributed by atoms with Gasteiger partial charge in [0.15, 0.2) is 17.3 Å². The van der Waals surface area contributed by atoms with Crippen LogP contribution in [0, 0.1) is 0 Å². The number of nitrogens with zero attached hydrogens (tertiary/aromatic N) is 2. The molecule has 1 aromatic carbocycles. The van der Waals surface area contributed by atoms with E-state index in [-0.39, 0.29) is 12.2 Å². The Bertz CT molecular complexity index is 619. The lowest BCUT2D eigenvalue weighted by molar-refractivity contribution is 0.0696. The fraction of sp³-hybridized carbons (Fsp3) is 0.154. The van der Waals surface area contributed by atoms with Crippen molar-refractivity contribution in [2.75, 3.05) is 7.11 Å². The number of carboxylic acid groups (broad SMARTS) is 1. The van der Waals surface area contributed by atoms with Crippen molar-refractivity contribution in [2.45, 2.75) is 6.61 Å². The zero-order valence-corrected chi connectivity index (χ0v) is 12.1. The van der Waals surface area contributed by atoms with Crippen LogP contribution in [0.5, 0.6) is 11.5 Å². The molecule has 0 fully saturated rings. The topological polar surface area (TPSA) is 81.5 Å². The molecule has 1 N–H and O–H groups in total. The highest BCUT2D eigenvalue weighted by Gasteiger charge is 2.15. The van der Waals surface area contributed by atoms with Crippen molar-refractivity contribution in [2.24, 2.45) is 0 Å². The number of rotatable bonds is 5. The maximum atomic E-state index is 11.0. The third-order valence-electron chi connectivity index (χ3n) is 2.44. The predicted molar refractivity (Wildman–Crippen MR) is 74.0 cm³/mol. The van der Waals surface area contributed by atoms with E-state index in [0.29, 0.717) is 21.8 Å². The lowest BCUT2D eigenvalue weighted by atomic mass is 10.2. The third kappa shape index (κ3) is 3.24. The molecule has 0 spiro atoms. The lowest BCUT2D eigenvalue weighted by Crippen LogP contribution is -2.04. The van der Waals surface area contributed by atoms with E-state index in [1.54, 1.807) is 18.5 Å². The minimum Gasteiger partial charge on any atom is -0.493 e. The minimum atomic E-state index is -1.04. The van der Waals surface area contributed by atoms with Gasteiger partial charge in [-0.1, -0.05) is 0 Å². The van der Waals surface area contributed by atoms with Crippen molar-refractivity contribution >= 4 is 21.9 Å². The van der Waals surface area contributed by atoms with Crippen molar-refractivity contribution in [1.29, 1.82) is 0 Å². The molecule has 0 unspecified atom stereocenters. The Hall–Kier alpha value is -2.15. The predicted octanol–water partition coefficient (Wildman–Crippen LogP) is 2.52. The summed E-state index contributed by atoms with van der Waals surface area (Å²) >= 11 is 3.27. The molecule has 2 rings (SSSR count). The summed E-state index contributed by atoms with van der Waals surface area (Å²) in [5, 5.41) is 8.99. The van der Waals surface area contributed by atoms with Crippen LogP contribution in [0.1, 0.15) is 16.2 Å². The van der Waals surface area contributed by atoms with Gasteiger partial charge >= 0.3 is 5.97 Å². The first-order valence-corrected chi connectivity index (χ1v) is 6.40. The first kappa shape index (κ1) is 14.3. The van der Waals surface area contributed by atoms with E-state index in [1.165, 1.54) is 19.2 Å². The van der Waals surface area contributed by atoms with Crippen LogP contribution in [0.25, 0.3) is 0 Å². The second-order valence-corrected chi connectivity index (χ2v) is 4.60. The molecule has 0 saturated heterocycles.